The van der Waals surface area contributed by atoms with Crippen molar-refractivity contribution in [2.75, 3.05) is 6.61 Å². The minimum absolute atomic E-state index is 0.0966. The van der Waals surface area contributed by atoms with Crippen LogP contribution in [-0.2, 0) is 12.3 Å². The van der Waals surface area contributed by atoms with Gasteiger partial charge in [0.05, 0.1) is 11.5 Å². The quantitative estimate of drug-likeness (QED) is 0.420. The minimum atomic E-state index is -0.407. The number of non-ortho nitro benzene ring substituents is 1. The first-order valence-electron chi connectivity index (χ1n) is 6.30. The molecule has 0 aliphatic carbocycles. The number of ether oxygens (including phenoxy) is 1. The van der Waals surface area contributed by atoms with Crippen molar-refractivity contribution in [1.29, 1.82) is 0 Å². The van der Waals surface area contributed by atoms with E-state index < -0.39 is 4.92 Å². The van der Waals surface area contributed by atoms with Crippen LogP contribution in [0.1, 0.15) is 11.1 Å². The zero-order chi connectivity index (χ0) is 15.2. The van der Waals surface area contributed by atoms with E-state index in [1.807, 2.05) is 18.2 Å². The molecule has 2 aromatic rings. The smallest absolute Gasteiger partial charge is 0.269 e. The van der Waals surface area contributed by atoms with Crippen molar-refractivity contribution in [3.8, 4) is 5.75 Å². The van der Waals surface area contributed by atoms with Gasteiger partial charge in [-0.2, -0.15) is 0 Å². The van der Waals surface area contributed by atoms with Crippen molar-refractivity contribution in [1.82, 2.24) is 0 Å². The molecule has 0 aliphatic rings. The molecular formula is C15H13BrClNO3. The second kappa shape index (κ2) is 7.43. The van der Waals surface area contributed by atoms with Crippen LogP contribution in [0.4, 0.5) is 5.69 Å². The predicted octanol–water partition coefficient (Wildman–Crippen LogP) is 4.72. The Hall–Kier alpha value is -1.59. The Morgan fingerprint density at radius 1 is 1.19 bits per heavy atom. The van der Waals surface area contributed by atoms with Gasteiger partial charge in [0.15, 0.2) is 0 Å². The van der Waals surface area contributed by atoms with Crippen LogP contribution in [0.3, 0.4) is 0 Å². The van der Waals surface area contributed by atoms with Gasteiger partial charge in [-0.1, -0.05) is 28.1 Å². The van der Waals surface area contributed by atoms with Crippen LogP contribution in [0.5, 0.6) is 5.75 Å². The largest absolute Gasteiger partial charge is 0.493 e. The number of benzene rings is 2. The summed E-state index contributed by atoms with van der Waals surface area (Å²) < 4.78 is 6.63. The van der Waals surface area contributed by atoms with E-state index in [4.69, 9.17) is 16.3 Å². The highest BCUT2D eigenvalue weighted by Gasteiger charge is 2.05. The molecule has 0 aliphatic heterocycles. The molecule has 2 rings (SSSR count). The van der Waals surface area contributed by atoms with Gasteiger partial charge in [-0.15, -0.1) is 11.6 Å². The highest BCUT2D eigenvalue weighted by molar-refractivity contribution is 9.10. The normalized spacial score (nSPS) is 10.4. The second-order valence-electron chi connectivity index (χ2n) is 4.41. The van der Waals surface area contributed by atoms with E-state index in [1.54, 1.807) is 12.1 Å². The molecule has 0 atom stereocenters. The monoisotopic (exact) mass is 369 g/mol. The summed E-state index contributed by atoms with van der Waals surface area (Å²) >= 11 is 9.25. The Kier molecular flexibility index (Phi) is 5.59. The third kappa shape index (κ3) is 4.44. The first-order valence-corrected chi connectivity index (χ1v) is 7.63. The molecule has 4 nitrogen and oxygen atoms in total. The summed E-state index contributed by atoms with van der Waals surface area (Å²) in [6.45, 7) is 0.501. The van der Waals surface area contributed by atoms with Gasteiger partial charge >= 0.3 is 0 Å². The van der Waals surface area contributed by atoms with Gasteiger partial charge in [0.2, 0.25) is 0 Å². The average molecular weight is 371 g/mol. The predicted molar refractivity (Wildman–Crippen MR) is 86.0 cm³/mol. The summed E-state index contributed by atoms with van der Waals surface area (Å²) in [7, 11) is 0. The lowest BCUT2D eigenvalue weighted by atomic mass is 10.1. The molecule has 0 spiro atoms. The number of hydrogen-bond acceptors (Lipinski definition) is 3. The Bertz CT molecular complexity index is 631. The molecule has 0 aromatic heterocycles. The van der Waals surface area contributed by atoms with Gasteiger partial charge in [-0.3, -0.25) is 10.1 Å². The fraction of sp³-hybridized carbons (Fsp3) is 0.200. The van der Waals surface area contributed by atoms with Crippen molar-refractivity contribution in [3.63, 3.8) is 0 Å². The molecule has 0 bridgehead atoms. The van der Waals surface area contributed by atoms with Crippen LogP contribution < -0.4 is 4.74 Å². The van der Waals surface area contributed by atoms with Gasteiger partial charge in [-0.25, -0.2) is 0 Å². The molecule has 0 saturated heterocycles. The summed E-state index contributed by atoms with van der Waals surface area (Å²) in [5.74, 6) is 1.18. The zero-order valence-corrected chi connectivity index (χ0v) is 13.4. The summed E-state index contributed by atoms with van der Waals surface area (Å²) in [4.78, 5) is 10.2. The molecule has 0 saturated carbocycles. The fourth-order valence-corrected chi connectivity index (χ4v) is 2.58. The van der Waals surface area contributed by atoms with Gasteiger partial charge < -0.3 is 4.74 Å². The molecular weight excluding hydrogens is 358 g/mol. The first kappa shape index (κ1) is 15.8. The van der Waals surface area contributed by atoms with Crippen molar-refractivity contribution in [3.05, 3.63) is 68.2 Å². The lowest BCUT2D eigenvalue weighted by Crippen LogP contribution is -2.02. The van der Waals surface area contributed by atoms with Crippen LogP contribution >= 0.6 is 27.5 Å². The van der Waals surface area contributed by atoms with E-state index in [0.717, 1.165) is 21.3 Å². The lowest BCUT2D eigenvalue weighted by molar-refractivity contribution is -0.384. The maximum atomic E-state index is 10.6. The Morgan fingerprint density at radius 3 is 2.52 bits per heavy atom. The maximum absolute atomic E-state index is 10.6. The lowest BCUT2D eigenvalue weighted by Gasteiger charge is -2.08. The van der Waals surface area contributed by atoms with Crippen LogP contribution in [0.15, 0.2) is 46.9 Å². The van der Waals surface area contributed by atoms with Gasteiger partial charge in [0, 0.05) is 28.9 Å². The average Bonchev–Trinajstić information content (AvgIpc) is 2.49. The highest BCUT2D eigenvalue weighted by atomic mass is 79.9. The Labute approximate surface area is 136 Å². The molecule has 6 heteroatoms. The molecule has 2 aromatic carbocycles. The van der Waals surface area contributed by atoms with Crippen LogP contribution in [0.2, 0.25) is 0 Å². The van der Waals surface area contributed by atoms with Crippen molar-refractivity contribution in [2.45, 2.75) is 12.3 Å². The van der Waals surface area contributed by atoms with Crippen molar-refractivity contribution < 1.29 is 9.66 Å². The molecule has 0 amide bonds. The number of halogens is 2. The molecule has 0 N–H and O–H groups in total. The van der Waals surface area contributed by atoms with E-state index in [9.17, 15) is 10.1 Å². The topological polar surface area (TPSA) is 52.4 Å². The van der Waals surface area contributed by atoms with E-state index >= 15 is 0 Å². The van der Waals surface area contributed by atoms with Crippen molar-refractivity contribution >= 4 is 33.2 Å². The van der Waals surface area contributed by atoms with Gasteiger partial charge in [-0.05, 0) is 29.3 Å². The Morgan fingerprint density at radius 2 is 1.90 bits per heavy atom. The standard InChI is InChI=1S/C15H13BrClNO3/c16-15-6-5-14(9-12(15)10-17)21-8-7-11-1-3-13(4-2-11)18(19)20/h1-6,9H,7-8,10H2. The first-order chi connectivity index (χ1) is 10.1. The van der Waals surface area contributed by atoms with E-state index in [-0.39, 0.29) is 5.69 Å². The number of hydrogen-bond donors (Lipinski definition) is 0. The number of nitro benzene ring substituents is 1. The number of alkyl halides is 1. The summed E-state index contributed by atoms with van der Waals surface area (Å²) in [6.07, 6.45) is 0.685. The van der Waals surface area contributed by atoms with Crippen LogP contribution in [0, 0.1) is 10.1 Å². The van der Waals surface area contributed by atoms with Gasteiger partial charge in [0.1, 0.15) is 5.75 Å². The second-order valence-corrected chi connectivity index (χ2v) is 5.53. The molecule has 0 unspecified atom stereocenters. The fourth-order valence-electron chi connectivity index (χ4n) is 1.81. The summed E-state index contributed by atoms with van der Waals surface area (Å²) in [6, 6.07) is 12.2. The van der Waals surface area contributed by atoms with Crippen LogP contribution in [-0.4, -0.2) is 11.5 Å². The molecule has 21 heavy (non-hydrogen) atoms. The minimum Gasteiger partial charge on any atom is -0.493 e. The summed E-state index contributed by atoms with van der Waals surface area (Å²) in [5, 5.41) is 10.6. The molecule has 0 radical (unpaired) electrons. The Balaban J connectivity index is 1.90. The third-order valence-corrected chi connectivity index (χ3v) is 4.03. The van der Waals surface area contributed by atoms with Crippen molar-refractivity contribution in [2.24, 2.45) is 0 Å². The van der Waals surface area contributed by atoms with E-state index in [0.29, 0.717) is 18.9 Å². The number of rotatable bonds is 6. The molecule has 0 fully saturated rings. The van der Waals surface area contributed by atoms with Crippen LogP contribution in [0.25, 0.3) is 0 Å². The van der Waals surface area contributed by atoms with E-state index in [2.05, 4.69) is 15.9 Å². The third-order valence-electron chi connectivity index (χ3n) is 2.97. The summed E-state index contributed by atoms with van der Waals surface area (Å²) in [5.41, 5.74) is 2.07. The SMILES string of the molecule is O=[N+]([O-])c1ccc(CCOc2ccc(Br)c(CCl)c2)cc1. The van der Waals surface area contributed by atoms with E-state index in [1.165, 1.54) is 12.1 Å². The highest BCUT2D eigenvalue weighted by Crippen LogP contribution is 2.24. The molecule has 0 heterocycles. The zero-order valence-electron chi connectivity index (χ0n) is 11.1. The maximum Gasteiger partial charge on any atom is 0.269 e. The number of nitrogens with zero attached hydrogens (tertiary/aromatic N) is 1. The number of nitro groups is 1. The molecule has 110 valence electrons. The van der Waals surface area contributed by atoms with Gasteiger partial charge in [0.25, 0.3) is 5.69 Å².